The average Bonchev–Trinajstić information content (AvgIpc) is 2.50. The van der Waals surface area contributed by atoms with Crippen molar-refractivity contribution in [2.75, 3.05) is 13.7 Å². The highest BCUT2D eigenvalue weighted by Gasteiger charge is 2.28. The monoisotopic (exact) mass is 293 g/mol. The van der Waals surface area contributed by atoms with Crippen LogP contribution in [0.5, 0.6) is 0 Å². The summed E-state index contributed by atoms with van der Waals surface area (Å²) in [5.74, 6) is -0.489. The van der Waals surface area contributed by atoms with Gasteiger partial charge in [0, 0.05) is 25.0 Å². The lowest BCUT2D eigenvalue weighted by atomic mass is 9.99. The van der Waals surface area contributed by atoms with E-state index in [9.17, 15) is 14.4 Å². The minimum atomic E-state index is -0.452. The molecule has 21 heavy (non-hydrogen) atoms. The largest absolute Gasteiger partial charge is 0.469 e. The first-order chi connectivity index (χ1) is 10.1. The zero-order chi connectivity index (χ0) is 15.2. The summed E-state index contributed by atoms with van der Waals surface area (Å²) in [4.78, 5) is 40.7. The molecule has 1 amide bonds. The van der Waals surface area contributed by atoms with Crippen molar-refractivity contribution in [2.45, 2.75) is 38.3 Å². The van der Waals surface area contributed by atoms with Crippen LogP contribution in [0.25, 0.3) is 0 Å². The quantitative estimate of drug-likeness (QED) is 0.740. The number of carbonyl (C=O) groups excluding carboxylic acids is 2. The lowest BCUT2D eigenvalue weighted by Crippen LogP contribution is -2.47. The molecular formula is C14H19N3O4. The van der Waals surface area contributed by atoms with Gasteiger partial charge in [-0.15, -0.1) is 0 Å². The molecule has 0 bridgehead atoms. The summed E-state index contributed by atoms with van der Waals surface area (Å²) in [5, 5.41) is 0. The number of hydrogen-bond donors (Lipinski definition) is 0. The number of aromatic nitrogens is 2. The molecule has 7 nitrogen and oxygen atoms in total. The van der Waals surface area contributed by atoms with Crippen LogP contribution in [-0.4, -0.2) is 46.0 Å². The molecule has 0 aromatic carbocycles. The summed E-state index contributed by atoms with van der Waals surface area (Å²) in [7, 11) is 1.34. The lowest BCUT2D eigenvalue weighted by molar-refractivity contribution is -0.144. The Morgan fingerprint density at radius 3 is 2.95 bits per heavy atom. The first kappa shape index (κ1) is 15.2. The molecule has 1 aliphatic rings. The van der Waals surface area contributed by atoms with Gasteiger partial charge >= 0.3 is 11.7 Å². The number of carbonyl (C=O) groups is 2. The zero-order valence-corrected chi connectivity index (χ0v) is 12.0. The Balaban J connectivity index is 2.06. The summed E-state index contributed by atoms with van der Waals surface area (Å²) >= 11 is 0. The third-order valence-corrected chi connectivity index (χ3v) is 3.67. The Labute approximate surface area is 122 Å². The van der Waals surface area contributed by atoms with Crippen LogP contribution < -0.4 is 5.69 Å². The van der Waals surface area contributed by atoms with Gasteiger partial charge in [0.25, 0.3) is 0 Å². The van der Waals surface area contributed by atoms with Gasteiger partial charge in [-0.1, -0.05) is 0 Å². The molecule has 0 radical (unpaired) electrons. The molecule has 7 heteroatoms. The zero-order valence-electron chi connectivity index (χ0n) is 12.0. The fourth-order valence-corrected chi connectivity index (χ4v) is 2.56. The number of amides is 1. The molecule has 0 saturated carbocycles. The number of nitrogens with zero attached hydrogens (tertiary/aromatic N) is 3. The van der Waals surface area contributed by atoms with Crippen LogP contribution in [0.1, 0.15) is 25.7 Å². The van der Waals surface area contributed by atoms with Gasteiger partial charge in [0.15, 0.2) is 0 Å². The van der Waals surface area contributed by atoms with E-state index >= 15 is 0 Å². The molecular weight excluding hydrogens is 274 g/mol. The Hall–Kier alpha value is -2.18. The number of hydrogen-bond acceptors (Lipinski definition) is 5. The van der Waals surface area contributed by atoms with Crippen LogP contribution in [0, 0.1) is 0 Å². The maximum Gasteiger partial charge on any atom is 0.347 e. The van der Waals surface area contributed by atoms with Crippen LogP contribution in [0.3, 0.4) is 0 Å². The van der Waals surface area contributed by atoms with E-state index in [2.05, 4.69) is 9.72 Å². The van der Waals surface area contributed by atoms with Crippen molar-refractivity contribution in [3.8, 4) is 0 Å². The van der Waals surface area contributed by atoms with Gasteiger partial charge in [0.1, 0.15) is 6.54 Å². The van der Waals surface area contributed by atoms with Crippen LogP contribution in [0.15, 0.2) is 23.3 Å². The molecule has 1 saturated heterocycles. The van der Waals surface area contributed by atoms with Gasteiger partial charge in [-0.25, -0.2) is 9.78 Å². The fraction of sp³-hybridized carbons (Fsp3) is 0.571. The van der Waals surface area contributed by atoms with Crippen molar-refractivity contribution < 1.29 is 14.3 Å². The maximum absolute atomic E-state index is 12.4. The maximum atomic E-state index is 12.4. The highest BCUT2D eigenvalue weighted by molar-refractivity contribution is 5.78. The van der Waals surface area contributed by atoms with E-state index in [1.54, 1.807) is 11.0 Å². The standard InChI is InChI=1S/C14H19N3O4/c1-21-13(19)9-11-5-2-3-8-17(11)12(18)10-16-7-4-6-15-14(16)20/h4,6-7,11H,2-3,5,8-10H2,1H3. The van der Waals surface area contributed by atoms with Crippen LogP contribution in [0.4, 0.5) is 0 Å². The van der Waals surface area contributed by atoms with Crippen molar-refractivity contribution in [3.63, 3.8) is 0 Å². The third kappa shape index (κ3) is 3.90. The second-order valence-electron chi connectivity index (χ2n) is 5.05. The van der Waals surface area contributed by atoms with Gasteiger partial charge in [0.05, 0.1) is 13.5 Å². The van der Waals surface area contributed by atoms with Gasteiger partial charge in [-0.3, -0.25) is 14.2 Å². The SMILES string of the molecule is COC(=O)CC1CCCCN1C(=O)Cn1cccnc1=O. The van der Waals surface area contributed by atoms with Crippen LogP contribution in [-0.2, 0) is 20.9 Å². The summed E-state index contributed by atoms with van der Waals surface area (Å²) in [6.07, 6.45) is 5.80. The molecule has 2 heterocycles. The Morgan fingerprint density at radius 1 is 1.43 bits per heavy atom. The highest BCUT2D eigenvalue weighted by atomic mass is 16.5. The summed E-state index contributed by atoms with van der Waals surface area (Å²) < 4.78 is 5.95. The van der Waals surface area contributed by atoms with Crippen molar-refractivity contribution in [1.29, 1.82) is 0 Å². The van der Waals surface area contributed by atoms with E-state index in [-0.39, 0.29) is 30.9 Å². The summed E-state index contributed by atoms with van der Waals surface area (Å²) in [6, 6.07) is 1.46. The van der Waals surface area contributed by atoms with Gasteiger partial charge in [-0.05, 0) is 25.3 Å². The molecule has 1 aromatic heterocycles. The number of rotatable bonds is 4. The molecule has 0 aliphatic carbocycles. The molecule has 114 valence electrons. The molecule has 0 N–H and O–H groups in total. The number of esters is 1. The van der Waals surface area contributed by atoms with E-state index in [0.717, 1.165) is 19.3 Å². The van der Waals surface area contributed by atoms with E-state index in [1.807, 2.05) is 0 Å². The normalized spacial score (nSPS) is 18.3. The van der Waals surface area contributed by atoms with Crippen LogP contribution in [0.2, 0.25) is 0 Å². The Bertz CT molecular complexity index is 569. The second-order valence-corrected chi connectivity index (χ2v) is 5.05. The van der Waals surface area contributed by atoms with Gasteiger partial charge in [0.2, 0.25) is 5.91 Å². The van der Waals surface area contributed by atoms with E-state index < -0.39 is 5.69 Å². The number of likely N-dealkylation sites (tertiary alicyclic amines) is 1. The first-order valence-corrected chi connectivity index (χ1v) is 6.99. The van der Waals surface area contributed by atoms with E-state index in [1.165, 1.54) is 24.1 Å². The Kier molecular flexibility index (Phi) is 5.08. The topological polar surface area (TPSA) is 81.5 Å². The van der Waals surface area contributed by atoms with Crippen molar-refractivity contribution in [1.82, 2.24) is 14.5 Å². The molecule has 1 aromatic rings. The predicted octanol–water partition coefficient (Wildman–Crippen LogP) is 0.187. The second kappa shape index (κ2) is 7.01. The molecule has 0 spiro atoms. The summed E-state index contributed by atoms with van der Waals surface area (Å²) in [6.45, 7) is 0.555. The molecule has 1 fully saturated rings. The highest BCUT2D eigenvalue weighted by Crippen LogP contribution is 2.20. The number of ether oxygens (including phenoxy) is 1. The fourth-order valence-electron chi connectivity index (χ4n) is 2.56. The lowest BCUT2D eigenvalue weighted by Gasteiger charge is -2.35. The van der Waals surface area contributed by atoms with Gasteiger partial charge < -0.3 is 9.64 Å². The van der Waals surface area contributed by atoms with Gasteiger partial charge in [-0.2, -0.15) is 0 Å². The number of piperidine rings is 1. The molecule has 1 aliphatic heterocycles. The van der Waals surface area contributed by atoms with Crippen molar-refractivity contribution in [2.24, 2.45) is 0 Å². The third-order valence-electron chi connectivity index (χ3n) is 3.67. The summed E-state index contributed by atoms with van der Waals surface area (Å²) in [5.41, 5.74) is -0.452. The molecule has 1 unspecified atom stereocenters. The van der Waals surface area contributed by atoms with Crippen molar-refractivity contribution >= 4 is 11.9 Å². The first-order valence-electron chi connectivity index (χ1n) is 6.99. The predicted molar refractivity (Wildman–Crippen MR) is 74.5 cm³/mol. The molecule has 2 rings (SSSR count). The smallest absolute Gasteiger partial charge is 0.347 e. The van der Waals surface area contributed by atoms with E-state index in [4.69, 9.17) is 0 Å². The Morgan fingerprint density at radius 2 is 2.24 bits per heavy atom. The van der Waals surface area contributed by atoms with Crippen LogP contribution >= 0.6 is 0 Å². The molecule has 1 atom stereocenters. The average molecular weight is 293 g/mol. The van der Waals surface area contributed by atoms with E-state index in [0.29, 0.717) is 6.54 Å². The minimum Gasteiger partial charge on any atom is -0.469 e. The minimum absolute atomic E-state index is 0.0512. The van der Waals surface area contributed by atoms with Crippen molar-refractivity contribution in [3.05, 3.63) is 28.9 Å². The number of methoxy groups -OCH3 is 1.